The van der Waals surface area contributed by atoms with Gasteiger partial charge >= 0.3 is 6.09 Å². The lowest BCUT2D eigenvalue weighted by Crippen LogP contribution is -2.82. The van der Waals surface area contributed by atoms with Gasteiger partial charge in [0.1, 0.15) is 24.2 Å². The summed E-state index contributed by atoms with van der Waals surface area (Å²) in [6, 6.07) is 10.8. The predicted molar refractivity (Wildman–Crippen MR) is 330 cm³/mol. The van der Waals surface area contributed by atoms with Crippen LogP contribution in [-0.2, 0) is 41.2 Å². The third-order valence-corrected chi connectivity index (χ3v) is 22.3. The number of methoxy groups -OCH3 is 1. The van der Waals surface area contributed by atoms with Crippen LogP contribution in [0.5, 0.6) is 5.75 Å². The number of benzene rings is 2. The van der Waals surface area contributed by atoms with Crippen LogP contribution in [0.25, 0.3) is 10.9 Å². The van der Waals surface area contributed by atoms with Crippen molar-refractivity contribution >= 4 is 73.6 Å². The number of rotatable bonds is 23. The van der Waals surface area contributed by atoms with E-state index >= 15 is 4.79 Å². The second kappa shape index (κ2) is 25.5. The van der Waals surface area contributed by atoms with Gasteiger partial charge in [-0.1, -0.05) is 79.6 Å². The molecule has 13 atom stereocenters. The third-order valence-electron chi connectivity index (χ3n) is 19.9. The first-order valence-corrected chi connectivity index (χ1v) is 32.7. The van der Waals surface area contributed by atoms with E-state index in [2.05, 4.69) is 86.2 Å². The highest BCUT2D eigenvalue weighted by Gasteiger charge is 2.78. The highest BCUT2D eigenvalue weighted by Crippen LogP contribution is 2.67. The Kier molecular flexibility index (Phi) is 19.2. The van der Waals surface area contributed by atoms with Gasteiger partial charge in [-0.25, -0.2) is 10.2 Å². The number of nitrogens with two attached hydrogens (primary N) is 2. The average molecular weight is 1200 g/mol. The molecule has 1 saturated carbocycles. The van der Waals surface area contributed by atoms with E-state index in [0.29, 0.717) is 88.4 Å². The van der Waals surface area contributed by atoms with E-state index in [1.54, 1.807) is 21.0 Å². The molecule has 84 heavy (non-hydrogen) atoms. The number of Topliss-reactive ketones (excluding diaryl/α,β-unsaturated/α-hetero) is 2. The fraction of sp³-hybridized carbons (Fsp3) is 0.645. The monoisotopic (exact) mass is 1200 g/mol. The van der Waals surface area contributed by atoms with Crippen molar-refractivity contribution in [1.29, 1.82) is 0 Å². The summed E-state index contributed by atoms with van der Waals surface area (Å²) in [5.74, 6) is -0.429. The van der Waals surface area contributed by atoms with Crippen LogP contribution in [0.4, 0.5) is 10.5 Å². The highest BCUT2D eigenvalue weighted by atomic mass is 33.1. The molecule has 2 saturated heterocycles. The molecule has 2 aromatic carbocycles. The van der Waals surface area contributed by atoms with Crippen molar-refractivity contribution in [3.63, 3.8) is 0 Å². The number of amides is 3. The number of hydrogen-bond donors (Lipinski definition) is 9. The number of fused-ring (bicyclic) bond motifs is 6. The number of ether oxygens (including phenoxy) is 2. The molecule has 1 spiro atoms. The van der Waals surface area contributed by atoms with Gasteiger partial charge in [0.2, 0.25) is 5.91 Å². The SMILES string of the molecule is CCC1(O)CC2CN(CCc3c([nH]c4ccccc34)[C@@](C)(c3cc4c(cc3OC)N(C)[C@H]3[C@](O)(C(=O)NNC(=O)OCCSSCCCC(=O)[C@H](C)NC(=O)[C@H](C)CC(=O)[C@@H](C)CCCN=C(N)N)[C@H](O)[C@]5(CC)C=CCN6CC[C@]43[C@@H]65)C2)C1. The normalized spacial score (nSPS) is 30.5. The number of H-pyrrole nitrogens is 1. The van der Waals surface area contributed by atoms with Crippen LogP contribution in [0.15, 0.2) is 53.5 Å². The number of guanidine groups is 1. The summed E-state index contributed by atoms with van der Waals surface area (Å²) in [5, 5.41) is 42.4. The first-order chi connectivity index (χ1) is 40.0. The zero-order valence-corrected chi connectivity index (χ0v) is 51.9. The van der Waals surface area contributed by atoms with Crippen LogP contribution in [0.3, 0.4) is 0 Å². The number of ketones is 2. The quantitative estimate of drug-likeness (QED) is 0.0144. The number of carbonyl (C=O) groups excluding carboxylic acids is 5. The van der Waals surface area contributed by atoms with Gasteiger partial charge in [-0.2, -0.15) is 0 Å². The van der Waals surface area contributed by atoms with Gasteiger partial charge in [-0.15, -0.1) is 0 Å². The number of carbonyl (C=O) groups is 5. The Hall–Kier alpha value is -5.36. The number of nitrogens with one attached hydrogen (secondary N) is 4. The molecule has 9 rings (SSSR count). The van der Waals surface area contributed by atoms with Gasteiger partial charge in [0.05, 0.1) is 24.8 Å². The molecular weight excluding hydrogens is 1110 g/mol. The van der Waals surface area contributed by atoms with Crippen LogP contribution in [0, 0.1) is 23.2 Å². The number of aliphatic hydroxyl groups excluding tert-OH is 1. The van der Waals surface area contributed by atoms with E-state index in [9.17, 15) is 34.5 Å². The minimum Gasteiger partial charge on any atom is -0.496 e. The lowest BCUT2D eigenvalue weighted by atomic mass is 9.47. The number of anilines is 1. The molecule has 6 heterocycles. The second-order valence-corrected chi connectivity index (χ2v) is 27.8. The predicted octanol–water partition coefficient (Wildman–Crippen LogP) is 5.37. The van der Waals surface area contributed by atoms with E-state index in [1.165, 1.54) is 32.5 Å². The molecule has 0 radical (unpaired) electrons. The van der Waals surface area contributed by atoms with Crippen LogP contribution in [-0.4, -0.2) is 173 Å². The van der Waals surface area contributed by atoms with Crippen molar-refractivity contribution in [3.05, 3.63) is 70.9 Å². The Labute approximate surface area is 502 Å². The smallest absolute Gasteiger partial charge is 0.426 e. The maximum atomic E-state index is 15.1. The first kappa shape index (κ1) is 63.2. The third kappa shape index (κ3) is 11.7. The second-order valence-electron chi connectivity index (χ2n) is 25.1. The number of aliphatic hydroxyl groups is 3. The molecule has 460 valence electrons. The number of hydrogen-bond acceptors (Lipinski definition) is 16. The van der Waals surface area contributed by atoms with Crippen LogP contribution in [0.1, 0.15) is 128 Å². The van der Waals surface area contributed by atoms with Gasteiger partial charge < -0.3 is 51.5 Å². The standard InChI is InChI=1S/C62H90N10O10S2/c1-9-59(79)34-40-33-58(6,50-42(20-25-71(35-40)36-59)41-17-11-12-18-45(41)67-50)44-31-43-46(32-49(44)81-8)70(7)53-61(43)22-26-72-24-15-21-60(10-2,52(61)72)54(76)62(53,80)55(77)68-69-57(78)82-27-29-84-83-28-14-19-47(73)39(5)66-51(75)38(4)30-48(74)37(3)16-13-23-65-56(63)64/h11-12,15,17-18,21,31-32,37-40,52-54,67,76,79-80H,9-10,13-14,16,19-20,22-30,33-36H2,1-8H3,(H,66,75)(H,68,77)(H,69,78)(H4,63,64,65)/t37-,38+,39-,40?,52-,53+,54+,58+,59?,60+,61+,62+/m0/s1. The average Bonchev–Trinajstić information content (AvgIpc) is 1.45. The molecule has 3 amide bonds. The van der Waals surface area contributed by atoms with Crippen LogP contribution >= 0.6 is 21.6 Å². The van der Waals surface area contributed by atoms with Gasteiger partial charge in [0.25, 0.3) is 5.91 Å². The fourth-order valence-corrected chi connectivity index (χ4v) is 17.7. The molecule has 11 N–H and O–H groups in total. The number of para-hydroxylation sites is 1. The number of likely N-dealkylation sites (N-methyl/N-ethyl adjacent to an activating group) is 1. The zero-order chi connectivity index (χ0) is 60.5. The lowest BCUT2D eigenvalue weighted by molar-refractivity contribution is -0.204. The van der Waals surface area contributed by atoms with Crippen molar-refractivity contribution in [3.8, 4) is 5.75 Å². The number of piperidine rings is 1. The van der Waals surface area contributed by atoms with Crippen molar-refractivity contribution in [1.82, 2.24) is 31.0 Å². The van der Waals surface area contributed by atoms with E-state index in [1.807, 2.05) is 37.9 Å². The summed E-state index contributed by atoms with van der Waals surface area (Å²) < 4.78 is 11.9. The minimum absolute atomic E-state index is 0.00169. The molecule has 3 aromatic rings. The van der Waals surface area contributed by atoms with E-state index in [0.717, 1.165) is 54.0 Å². The number of nitrogens with zero attached hydrogens (tertiary/aromatic N) is 4. The molecule has 1 aliphatic carbocycles. The first-order valence-electron chi connectivity index (χ1n) is 30.2. The topological polar surface area (TPSA) is 290 Å². The van der Waals surface area contributed by atoms with Crippen molar-refractivity contribution in [2.45, 2.75) is 158 Å². The van der Waals surface area contributed by atoms with Gasteiger partial charge in [-0.05, 0) is 107 Å². The molecule has 20 nitrogen and oxygen atoms in total. The van der Waals surface area contributed by atoms with Crippen LogP contribution in [0.2, 0.25) is 0 Å². The summed E-state index contributed by atoms with van der Waals surface area (Å²) in [4.78, 5) is 81.4. The Balaban J connectivity index is 0.856. The number of hydrazine groups is 1. The minimum atomic E-state index is -2.46. The number of aliphatic imine (C=N–C) groups is 1. The maximum Gasteiger partial charge on any atom is 0.426 e. The maximum absolute atomic E-state index is 15.1. The Morgan fingerprint density at radius 2 is 1.70 bits per heavy atom. The molecule has 3 fully saturated rings. The summed E-state index contributed by atoms with van der Waals surface area (Å²) >= 11 is 0. The van der Waals surface area contributed by atoms with E-state index in [4.69, 9.17) is 20.9 Å². The van der Waals surface area contributed by atoms with Crippen molar-refractivity contribution in [2.75, 3.05) is 76.4 Å². The molecular formula is C62H90N10O10S2. The van der Waals surface area contributed by atoms with Gasteiger partial charge in [-0.3, -0.25) is 39.4 Å². The van der Waals surface area contributed by atoms with E-state index in [-0.39, 0.29) is 60.8 Å². The number of aromatic nitrogens is 1. The Bertz CT molecular complexity index is 3010. The van der Waals surface area contributed by atoms with E-state index < -0.39 is 63.6 Å². The molecule has 22 heteroatoms. The molecule has 3 unspecified atom stereocenters. The molecule has 1 aromatic heterocycles. The van der Waals surface area contributed by atoms with Crippen molar-refractivity contribution in [2.24, 2.45) is 39.6 Å². The Morgan fingerprint density at radius 3 is 2.44 bits per heavy atom. The van der Waals surface area contributed by atoms with Gasteiger partial charge in [0.15, 0.2) is 17.3 Å². The molecule has 5 aliphatic heterocycles. The largest absolute Gasteiger partial charge is 0.496 e. The highest BCUT2D eigenvalue weighted by molar-refractivity contribution is 8.76. The lowest BCUT2D eigenvalue weighted by Gasteiger charge is -2.63. The molecule has 2 bridgehead atoms. The summed E-state index contributed by atoms with van der Waals surface area (Å²) in [7, 11) is 6.52. The summed E-state index contributed by atoms with van der Waals surface area (Å²) in [5.41, 5.74) is 15.9. The van der Waals surface area contributed by atoms with Gasteiger partial charge in [0, 0.05) is 132 Å². The Morgan fingerprint density at radius 1 is 0.940 bits per heavy atom. The summed E-state index contributed by atoms with van der Waals surface area (Å²) in [6.45, 7) is 15.6. The fourth-order valence-electron chi connectivity index (χ4n) is 15.8. The zero-order valence-electron chi connectivity index (χ0n) is 50.3. The van der Waals surface area contributed by atoms with Crippen molar-refractivity contribution < 1.29 is 48.8 Å². The molecule has 6 aliphatic rings. The van der Waals surface area contributed by atoms with Crippen LogP contribution < -0.4 is 37.3 Å². The summed E-state index contributed by atoms with van der Waals surface area (Å²) in [6.07, 6.45) is 7.50. The number of aromatic amines is 1.